The zero-order valence-corrected chi connectivity index (χ0v) is 19.9. The summed E-state index contributed by atoms with van der Waals surface area (Å²) < 4.78 is 0. The number of fused-ring (bicyclic) bond motifs is 3. The molecule has 1 aliphatic carbocycles. The van der Waals surface area contributed by atoms with Crippen LogP contribution in [-0.2, 0) is 12.8 Å². The van der Waals surface area contributed by atoms with E-state index in [1.54, 1.807) is 32.5 Å². The van der Waals surface area contributed by atoms with Crippen LogP contribution in [0.3, 0.4) is 0 Å². The van der Waals surface area contributed by atoms with Gasteiger partial charge >= 0.3 is 37.7 Å². The minimum atomic E-state index is -1.79. The van der Waals surface area contributed by atoms with Crippen LogP contribution >= 0.6 is 0 Å². The van der Waals surface area contributed by atoms with Crippen LogP contribution in [0.2, 0.25) is 13.1 Å². The first-order valence-electron chi connectivity index (χ1n) is 10.4. The van der Waals surface area contributed by atoms with E-state index in [9.17, 15) is 0 Å². The zero-order valence-electron chi connectivity index (χ0n) is 18.9. The maximum atomic E-state index is 2.57. The Labute approximate surface area is 200 Å². The maximum absolute atomic E-state index is 2.57. The Morgan fingerprint density at radius 1 is 0.862 bits per heavy atom. The summed E-state index contributed by atoms with van der Waals surface area (Å²) in [7, 11) is -1.79. The van der Waals surface area contributed by atoms with Gasteiger partial charge in [0.2, 0.25) is 0 Å². The van der Waals surface area contributed by atoms with E-state index in [-0.39, 0.29) is 37.7 Å². The van der Waals surface area contributed by atoms with Gasteiger partial charge in [-0.3, -0.25) is 0 Å². The number of hydrogen-bond donors (Lipinski definition) is 0. The number of hydrogen-bond acceptors (Lipinski definition) is 0. The molecule has 0 amide bonds. The molecule has 0 nitrogen and oxygen atoms in total. The fraction of sp³-hybridized carbons (Fsp3) is 0.308. The number of benzene rings is 2. The molecule has 5 rings (SSSR count). The van der Waals surface area contributed by atoms with Gasteiger partial charge in [0.05, 0.1) is 0 Å². The van der Waals surface area contributed by atoms with E-state index in [4.69, 9.17) is 0 Å². The van der Waals surface area contributed by atoms with Gasteiger partial charge in [-0.15, -0.1) is 86.4 Å². The van der Waals surface area contributed by atoms with Crippen LogP contribution in [0.5, 0.6) is 0 Å². The predicted molar refractivity (Wildman–Crippen MR) is 122 cm³/mol. The smallest absolute Gasteiger partial charge is 0.151 e. The molecule has 0 saturated carbocycles. The van der Waals surface area contributed by atoms with Gasteiger partial charge in [-0.05, 0) is 12.3 Å². The fourth-order valence-electron chi connectivity index (χ4n) is 5.23. The summed E-state index contributed by atoms with van der Waals surface area (Å²) in [5, 5.41) is 9.12. The third-order valence-corrected chi connectivity index (χ3v) is 10.3. The SMILES string of the molecule is CC(C)c1cc([Si](C)(C)c2cc[c-]3ccccc23)c2cc3c(c[c-]12)CCC3.[Li+].[Li+]. The van der Waals surface area contributed by atoms with E-state index in [1.807, 2.05) is 0 Å². The Morgan fingerprint density at radius 3 is 2.38 bits per heavy atom. The number of aryl methyl sites for hydroxylation is 2. The van der Waals surface area contributed by atoms with Crippen LogP contribution in [0.25, 0.3) is 21.5 Å². The summed E-state index contributed by atoms with van der Waals surface area (Å²) in [5.74, 6) is 0.571. The van der Waals surface area contributed by atoms with Crippen LogP contribution in [0.15, 0.2) is 54.6 Å². The van der Waals surface area contributed by atoms with Crippen molar-refractivity contribution >= 4 is 40.0 Å². The monoisotopic (exact) mass is 382 g/mol. The molecule has 0 radical (unpaired) electrons. The van der Waals surface area contributed by atoms with Crippen LogP contribution in [0.4, 0.5) is 0 Å². The van der Waals surface area contributed by atoms with Gasteiger partial charge in [-0.1, -0.05) is 50.6 Å². The normalized spacial score (nSPS) is 13.6. The van der Waals surface area contributed by atoms with E-state index in [2.05, 4.69) is 81.5 Å². The van der Waals surface area contributed by atoms with Gasteiger partial charge in [-0.2, -0.15) is 6.07 Å². The Balaban J connectivity index is 0.00000120. The Hall–Kier alpha value is -0.928. The van der Waals surface area contributed by atoms with Crippen molar-refractivity contribution in [1.82, 2.24) is 0 Å². The molecule has 3 heteroatoms. The van der Waals surface area contributed by atoms with E-state index in [0.717, 1.165) is 0 Å². The second-order valence-corrected chi connectivity index (χ2v) is 13.5. The molecule has 0 N–H and O–H groups in total. The van der Waals surface area contributed by atoms with E-state index in [0.29, 0.717) is 5.92 Å². The molecule has 0 bridgehead atoms. The van der Waals surface area contributed by atoms with Gasteiger partial charge in [0.1, 0.15) is 0 Å². The number of rotatable bonds is 3. The molecule has 4 aromatic carbocycles. The first-order chi connectivity index (χ1) is 13.0. The van der Waals surface area contributed by atoms with Crippen LogP contribution in [0, 0.1) is 0 Å². The molecule has 0 saturated heterocycles. The summed E-state index contributed by atoms with van der Waals surface area (Å²) in [6.07, 6.45) is 3.84. The molecule has 4 aromatic rings. The van der Waals surface area contributed by atoms with Crippen LogP contribution < -0.4 is 48.1 Å². The first-order valence-corrected chi connectivity index (χ1v) is 13.4. The third kappa shape index (κ3) is 3.57. The van der Waals surface area contributed by atoms with E-state index in [1.165, 1.54) is 35.4 Å². The molecule has 0 atom stereocenters. The van der Waals surface area contributed by atoms with Crippen molar-refractivity contribution in [2.75, 3.05) is 0 Å². The van der Waals surface area contributed by atoms with E-state index >= 15 is 0 Å². The summed E-state index contributed by atoms with van der Waals surface area (Å²) >= 11 is 0. The molecule has 29 heavy (non-hydrogen) atoms. The van der Waals surface area contributed by atoms with Gasteiger partial charge in [0.15, 0.2) is 0 Å². The Bertz CT molecular complexity index is 1160. The van der Waals surface area contributed by atoms with Crippen LogP contribution in [-0.4, -0.2) is 8.07 Å². The summed E-state index contributed by atoms with van der Waals surface area (Å²) in [6.45, 7) is 9.78. The largest absolute Gasteiger partial charge is 1.00 e. The Kier molecular flexibility index (Phi) is 6.52. The van der Waals surface area contributed by atoms with Gasteiger partial charge < -0.3 is 0 Å². The average molecular weight is 382 g/mol. The van der Waals surface area contributed by atoms with Gasteiger partial charge in [0.25, 0.3) is 0 Å². The van der Waals surface area contributed by atoms with Gasteiger partial charge in [-0.25, -0.2) is 0 Å². The summed E-state index contributed by atoms with van der Waals surface area (Å²) in [6, 6.07) is 21.3. The molecule has 0 fully saturated rings. The summed E-state index contributed by atoms with van der Waals surface area (Å²) in [4.78, 5) is 0. The average Bonchev–Trinajstić information content (AvgIpc) is 3.35. The molecule has 0 aromatic heterocycles. The topological polar surface area (TPSA) is 0 Å². The molecule has 1 aliphatic rings. The fourth-order valence-corrected chi connectivity index (χ4v) is 8.32. The standard InChI is InChI=1S/C26H28Si.2Li/c1-17(2)22-16-26(24-15-20-10-7-9-19(20)14-23(22)24)27(3,4)25-13-12-18-8-5-6-11-21(18)25;;/h5-6,8,11-17H,7,9-10H2,1-4H3;;/q-2;2*+1. The third-order valence-electron chi connectivity index (χ3n) is 6.78. The van der Waals surface area contributed by atoms with Crippen molar-refractivity contribution < 1.29 is 37.7 Å². The van der Waals surface area contributed by atoms with Crippen molar-refractivity contribution in [3.05, 3.63) is 71.3 Å². The second kappa shape index (κ2) is 8.30. The van der Waals surface area contributed by atoms with Gasteiger partial charge in [0, 0.05) is 8.07 Å². The molecule has 0 spiro atoms. The Morgan fingerprint density at radius 2 is 1.62 bits per heavy atom. The predicted octanol–water partition coefficient (Wildman–Crippen LogP) is -0.126. The van der Waals surface area contributed by atoms with Crippen LogP contribution in [0.1, 0.15) is 42.9 Å². The molecule has 0 heterocycles. The molecule has 0 aliphatic heterocycles. The molecular weight excluding hydrogens is 354 g/mol. The van der Waals surface area contributed by atoms with E-state index < -0.39 is 8.07 Å². The second-order valence-electron chi connectivity index (χ2n) is 9.15. The molecule has 0 unspecified atom stereocenters. The summed E-state index contributed by atoms with van der Waals surface area (Å²) in [5.41, 5.74) is 4.74. The maximum Gasteiger partial charge on any atom is 1.00 e. The quantitative estimate of drug-likeness (QED) is 0.342. The van der Waals surface area contributed by atoms with Crippen molar-refractivity contribution in [2.24, 2.45) is 0 Å². The van der Waals surface area contributed by atoms with Crippen molar-refractivity contribution in [2.45, 2.75) is 52.1 Å². The zero-order chi connectivity index (χ0) is 18.8. The minimum absolute atomic E-state index is 0. The van der Waals surface area contributed by atoms with Crippen molar-refractivity contribution in [1.29, 1.82) is 0 Å². The first kappa shape index (κ1) is 22.8. The molecule has 138 valence electrons. The van der Waals surface area contributed by atoms with Crippen molar-refractivity contribution in [3.8, 4) is 0 Å². The minimum Gasteiger partial charge on any atom is -0.151 e. The van der Waals surface area contributed by atoms with Crippen molar-refractivity contribution in [3.63, 3.8) is 0 Å². The molecular formula is C26H28Li2Si.